The van der Waals surface area contributed by atoms with Crippen LogP contribution in [0.3, 0.4) is 0 Å². The molecular weight excluding hydrogens is 352 g/mol. The molecule has 2 aromatic carbocycles. The Kier molecular flexibility index (Phi) is 4.91. The van der Waals surface area contributed by atoms with Crippen molar-refractivity contribution in [2.45, 2.75) is 31.6 Å². The van der Waals surface area contributed by atoms with E-state index in [2.05, 4.69) is 4.72 Å². The van der Waals surface area contributed by atoms with Crippen LogP contribution >= 0.6 is 0 Å². The molecule has 0 aliphatic carbocycles. The van der Waals surface area contributed by atoms with Gasteiger partial charge in [-0.1, -0.05) is 6.07 Å². The van der Waals surface area contributed by atoms with E-state index in [0.29, 0.717) is 18.0 Å². The van der Waals surface area contributed by atoms with Crippen molar-refractivity contribution in [3.8, 4) is 5.75 Å². The minimum atomic E-state index is -3.79. The average Bonchev–Trinajstić information content (AvgIpc) is 2.60. The summed E-state index contributed by atoms with van der Waals surface area (Å²) >= 11 is 0. The summed E-state index contributed by atoms with van der Waals surface area (Å²) in [6.45, 7) is 4.05. The number of hydrogen-bond acceptors (Lipinski definition) is 4. The molecule has 0 spiro atoms. The Labute approximate surface area is 153 Å². The van der Waals surface area contributed by atoms with Gasteiger partial charge in [0, 0.05) is 24.8 Å². The summed E-state index contributed by atoms with van der Waals surface area (Å²) < 4.78 is 33.4. The molecule has 138 valence electrons. The number of rotatable bonds is 4. The van der Waals surface area contributed by atoms with Gasteiger partial charge in [0.1, 0.15) is 10.6 Å². The maximum absolute atomic E-state index is 12.8. The first kappa shape index (κ1) is 18.3. The average molecular weight is 374 g/mol. The summed E-state index contributed by atoms with van der Waals surface area (Å²) in [5.74, 6) is 0.285. The normalized spacial score (nSPS) is 13.9. The molecule has 0 unspecified atom stereocenters. The van der Waals surface area contributed by atoms with Crippen molar-refractivity contribution in [1.82, 2.24) is 0 Å². The van der Waals surface area contributed by atoms with Crippen LogP contribution in [0.15, 0.2) is 41.3 Å². The van der Waals surface area contributed by atoms with Crippen molar-refractivity contribution < 1.29 is 17.9 Å². The lowest BCUT2D eigenvalue weighted by atomic mass is 10.0. The van der Waals surface area contributed by atoms with Gasteiger partial charge >= 0.3 is 0 Å². The van der Waals surface area contributed by atoms with Crippen LogP contribution in [0.2, 0.25) is 0 Å². The Morgan fingerprint density at radius 2 is 1.96 bits per heavy atom. The van der Waals surface area contributed by atoms with Crippen LogP contribution in [-0.2, 0) is 21.2 Å². The zero-order chi connectivity index (χ0) is 18.9. The minimum absolute atomic E-state index is 0.0104. The number of benzene rings is 2. The largest absolute Gasteiger partial charge is 0.495 e. The number of anilines is 2. The maximum Gasteiger partial charge on any atom is 0.265 e. The number of carbonyl (C=O) groups is 1. The fraction of sp³-hybridized carbons (Fsp3) is 0.316. The third-order valence-electron chi connectivity index (χ3n) is 4.44. The van der Waals surface area contributed by atoms with Gasteiger partial charge in [-0.2, -0.15) is 0 Å². The van der Waals surface area contributed by atoms with Crippen molar-refractivity contribution in [3.63, 3.8) is 0 Å². The second-order valence-corrected chi connectivity index (χ2v) is 8.03. The Morgan fingerprint density at radius 1 is 1.19 bits per heavy atom. The molecule has 6 nitrogen and oxygen atoms in total. The molecule has 0 aromatic heterocycles. The van der Waals surface area contributed by atoms with Crippen LogP contribution < -0.4 is 14.4 Å². The first-order valence-corrected chi connectivity index (χ1v) is 9.88. The number of carbonyl (C=O) groups excluding carboxylic acids is 1. The Morgan fingerprint density at radius 3 is 2.65 bits per heavy atom. The summed E-state index contributed by atoms with van der Waals surface area (Å²) in [6, 6.07) is 10.3. The summed E-state index contributed by atoms with van der Waals surface area (Å²) in [5, 5.41) is 0. The third kappa shape index (κ3) is 3.53. The lowest BCUT2D eigenvalue weighted by Gasteiger charge is -2.29. The highest BCUT2D eigenvalue weighted by molar-refractivity contribution is 7.92. The van der Waals surface area contributed by atoms with Crippen molar-refractivity contribution in [2.24, 2.45) is 0 Å². The number of methoxy groups -OCH3 is 1. The summed E-state index contributed by atoms with van der Waals surface area (Å²) in [5.41, 5.74) is 3.11. The van der Waals surface area contributed by atoms with Crippen LogP contribution in [0.4, 0.5) is 11.4 Å². The first-order chi connectivity index (χ1) is 12.3. The molecule has 1 heterocycles. The van der Waals surface area contributed by atoms with E-state index in [1.165, 1.54) is 14.0 Å². The van der Waals surface area contributed by atoms with Crippen LogP contribution in [0.25, 0.3) is 0 Å². The first-order valence-electron chi connectivity index (χ1n) is 8.40. The number of ether oxygens (including phenoxy) is 1. The van der Waals surface area contributed by atoms with Gasteiger partial charge in [0.15, 0.2) is 0 Å². The molecular formula is C19H22N2O4S. The number of nitrogens with zero attached hydrogens (tertiary/aromatic N) is 1. The number of sulfonamides is 1. The third-order valence-corrected chi connectivity index (χ3v) is 5.84. The van der Waals surface area contributed by atoms with Crippen molar-refractivity contribution in [3.05, 3.63) is 47.5 Å². The van der Waals surface area contributed by atoms with E-state index in [9.17, 15) is 13.2 Å². The predicted octanol–water partition coefficient (Wildman–Crippen LogP) is 3.10. The van der Waals surface area contributed by atoms with E-state index in [4.69, 9.17) is 4.74 Å². The molecule has 1 amide bonds. The van der Waals surface area contributed by atoms with Gasteiger partial charge in [-0.3, -0.25) is 9.52 Å². The molecule has 0 fully saturated rings. The fourth-order valence-electron chi connectivity index (χ4n) is 3.19. The zero-order valence-corrected chi connectivity index (χ0v) is 15.9. The van der Waals surface area contributed by atoms with E-state index in [-0.39, 0.29) is 10.8 Å². The second kappa shape index (κ2) is 6.99. The topological polar surface area (TPSA) is 75.7 Å². The smallest absolute Gasteiger partial charge is 0.265 e. The molecule has 0 atom stereocenters. The van der Waals surface area contributed by atoms with Gasteiger partial charge in [0.2, 0.25) is 5.91 Å². The summed E-state index contributed by atoms with van der Waals surface area (Å²) in [6.07, 6.45) is 1.66. The fourth-order valence-corrected chi connectivity index (χ4v) is 4.50. The minimum Gasteiger partial charge on any atom is -0.495 e. The Hall–Kier alpha value is -2.54. The molecule has 0 saturated heterocycles. The SMILES string of the molecule is COc1ccc(C)cc1S(=O)(=O)Nc1ccc2c(c1)CCCN2C(C)=O. The van der Waals surface area contributed by atoms with Gasteiger partial charge < -0.3 is 9.64 Å². The van der Waals surface area contributed by atoms with E-state index in [0.717, 1.165) is 29.7 Å². The molecule has 26 heavy (non-hydrogen) atoms. The number of aryl methyl sites for hydroxylation is 2. The highest BCUT2D eigenvalue weighted by atomic mass is 32.2. The number of nitrogens with one attached hydrogen (secondary N) is 1. The van der Waals surface area contributed by atoms with Gasteiger partial charge in [0.05, 0.1) is 7.11 Å². The van der Waals surface area contributed by atoms with E-state index in [1.54, 1.807) is 41.3 Å². The molecule has 0 bridgehead atoms. The summed E-state index contributed by atoms with van der Waals surface area (Å²) in [4.78, 5) is 13.6. The Balaban J connectivity index is 1.94. The standard InChI is InChI=1S/C19H22N2O4S/c1-13-6-9-18(25-3)19(11-13)26(23,24)20-16-7-8-17-15(12-16)5-4-10-21(17)14(2)22/h6-9,11-12,20H,4-5,10H2,1-3H3. The lowest BCUT2D eigenvalue weighted by Crippen LogP contribution is -2.33. The molecule has 2 aromatic rings. The van der Waals surface area contributed by atoms with Crippen molar-refractivity contribution >= 4 is 27.3 Å². The summed E-state index contributed by atoms with van der Waals surface area (Å²) in [7, 11) is -2.35. The lowest BCUT2D eigenvalue weighted by molar-refractivity contribution is -0.116. The number of hydrogen-bond donors (Lipinski definition) is 1. The molecule has 1 aliphatic rings. The second-order valence-electron chi connectivity index (χ2n) is 6.38. The highest BCUT2D eigenvalue weighted by Crippen LogP contribution is 2.32. The molecule has 7 heteroatoms. The monoisotopic (exact) mass is 374 g/mol. The number of fused-ring (bicyclic) bond motifs is 1. The van der Waals surface area contributed by atoms with E-state index < -0.39 is 10.0 Å². The van der Waals surface area contributed by atoms with Crippen molar-refractivity contribution in [2.75, 3.05) is 23.3 Å². The van der Waals surface area contributed by atoms with E-state index >= 15 is 0 Å². The van der Waals surface area contributed by atoms with Gasteiger partial charge in [-0.15, -0.1) is 0 Å². The van der Waals surface area contributed by atoms with Gasteiger partial charge in [0.25, 0.3) is 10.0 Å². The van der Waals surface area contributed by atoms with Crippen LogP contribution in [0.5, 0.6) is 5.75 Å². The van der Waals surface area contributed by atoms with Crippen LogP contribution in [-0.4, -0.2) is 28.0 Å². The van der Waals surface area contributed by atoms with Crippen molar-refractivity contribution in [1.29, 1.82) is 0 Å². The molecule has 0 saturated carbocycles. The quantitative estimate of drug-likeness (QED) is 0.892. The van der Waals surface area contributed by atoms with Gasteiger partial charge in [-0.25, -0.2) is 8.42 Å². The molecule has 0 radical (unpaired) electrons. The van der Waals surface area contributed by atoms with Crippen LogP contribution in [0, 0.1) is 6.92 Å². The van der Waals surface area contributed by atoms with Gasteiger partial charge in [-0.05, 0) is 61.2 Å². The molecule has 3 rings (SSSR count). The zero-order valence-electron chi connectivity index (χ0n) is 15.1. The Bertz CT molecular complexity index is 954. The predicted molar refractivity (Wildman–Crippen MR) is 101 cm³/mol. The van der Waals surface area contributed by atoms with E-state index in [1.807, 2.05) is 6.92 Å². The van der Waals surface area contributed by atoms with Crippen LogP contribution in [0.1, 0.15) is 24.5 Å². The molecule has 1 N–H and O–H groups in total. The maximum atomic E-state index is 12.8. The molecule has 1 aliphatic heterocycles. The number of amides is 1. The highest BCUT2D eigenvalue weighted by Gasteiger charge is 2.23.